The average Bonchev–Trinajstić information content (AvgIpc) is 2.53. The third-order valence-corrected chi connectivity index (χ3v) is 5.67. The number of carboxylic acid groups (broad SMARTS) is 2. The van der Waals surface area contributed by atoms with Gasteiger partial charge in [0.15, 0.2) is 11.6 Å². The number of rotatable bonds is 3. The first-order chi connectivity index (χ1) is 13.0. The number of likely N-dealkylation sites (tertiary alicyclic amines) is 1. The van der Waals surface area contributed by atoms with Crippen molar-refractivity contribution in [2.45, 2.75) is 51.9 Å². The number of hydrogen-bond donors (Lipinski definition) is 2. The zero-order valence-corrected chi connectivity index (χ0v) is 16.5. The number of quaternary nitrogens is 1. The highest BCUT2D eigenvalue weighted by molar-refractivity contribution is 5.75. The average molecular weight is 422 g/mol. The molecule has 0 aromatic heterocycles. The fourth-order valence-corrected chi connectivity index (χ4v) is 4.01. The van der Waals surface area contributed by atoms with Crippen molar-refractivity contribution < 1.29 is 46.6 Å². The monoisotopic (exact) mass is 422 g/mol. The number of nitrogens with zero attached hydrogens (tertiary/aromatic N) is 1. The molecule has 0 spiro atoms. The molecule has 0 bridgehead atoms. The molecule has 3 atom stereocenters. The summed E-state index contributed by atoms with van der Waals surface area (Å²) >= 11 is 0. The van der Waals surface area contributed by atoms with Gasteiger partial charge in [-0.15, -0.1) is 13.2 Å². The molecule has 1 aromatic rings. The minimum atomic E-state index is -5.06. The second-order valence-electron chi connectivity index (χ2n) is 8.77. The van der Waals surface area contributed by atoms with E-state index >= 15 is 0 Å². The normalized spacial score (nSPS) is 28.1. The molecule has 2 N–H and O–H groups in total. The lowest BCUT2D eigenvalue weighted by atomic mass is 9.72. The van der Waals surface area contributed by atoms with Crippen molar-refractivity contribution in [3.63, 3.8) is 0 Å². The molecule has 29 heavy (non-hydrogen) atoms. The van der Waals surface area contributed by atoms with Crippen LogP contribution in [0.3, 0.4) is 0 Å². The summed E-state index contributed by atoms with van der Waals surface area (Å²) in [5, 5.41) is 19.7. The Hall–Kier alpha value is -2.36. The van der Waals surface area contributed by atoms with Gasteiger partial charge in [0.1, 0.15) is 17.5 Å². The lowest BCUT2D eigenvalue weighted by Gasteiger charge is -2.52. The molecule has 1 amide bonds. The van der Waals surface area contributed by atoms with Gasteiger partial charge in [0.2, 0.25) is 0 Å². The summed E-state index contributed by atoms with van der Waals surface area (Å²) in [7, 11) is 0. The number of amides is 1. The number of aliphatic carboxylic acids is 1. The van der Waals surface area contributed by atoms with Crippen molar-refractivity contribution in [3.8, 4) is 5.75 Å². The molecule has 2 rings (SSSR count). The molecule has 1 saturated heterocycles. The minimum absolute atomic E-state index is 0.0185. The first-order valence-corrected chi connectivity index (χ1v) is 8.90. The van der Waals surface area contributed by atoms with Crippen LogP contribution in [0.5, 0.6) is 5.75 Å². The highest BCUT2D eigenvalue weighted by Gasteiger charge is 2.59. The van der Waals surface area contributed by atoms with E-state index in [1.54, 1.807) is 20.8 Å². The van der Waals surface area contributed by atoms with E-state index < -0.39 is 51.3 Å². The summed E-state index contributed by atoms with van der Waals surface area (Å²) < 4.78 is 54.3. The molecule has 0 aliphatic carbocycles. The van der Waals surface area contributed by atoms with Crippen LogP contribution in [0.4, 0.5) is 22.4 Å². The molecule has 0 radical (unpaired) electrons. The first kappa shape index (κ1) is 22.9. The molecule has 6 nitrogen and oxygen atoms in total. The molecule has 3 unspecified atom stereocenters. The topological polar surface area (TPSA) is 83.8 Å². The third-order valence-electron chi connectivity index (χ3n) is 5.67. The second-order valence-corrected chi connectivity index (χ2v) is 8.77. The van der Waals surface area contributed by atoms with Crippen LogP contribution in [0.15, 0.2) is 18.2 Å². The number of carboxylic acids is 1. The lowest BCUT2D eigenvalue weighted by molar-refractivity contribution is -0.914. The number of alkyl halides is 3. The molecular formula is C19H24F4NO5+. The Morgan fingerprint density at radius 1 is 1.21 bits per heavy atom. The van der Waals surface area contributed by atoms with Gasteiger partial charge in [0.25, 0.3) is 0 Å². The van der Waals surface area contributed by atoms with Crippen LogP contribution in [0.1, 0.15) is 45.6 Å². The lowest BCUT2D eigenvalue weighted by Crippen LogP contribution is -2.70. The molecule has 1 heterocycles. The second kappa shape index (κ2) is 7.16. The Labute approximate surface area is 165 Å². The Balaban J connectivity index is 2.53. The van der Waals surface area contributed by atoms with Crippen LogP contribution < -0.4 is 4.74 Å². The Morgan fingerprint density at radius 3 is 2.21 bits per heavy atom. The van der Waals surface area contributed by atoms with Gasteiger partial charge in [-0.05, 0) is 51.8 Å². The largest absolute Gasteiger partial charge is 0.573 e. The van der Waals surface area contributed by atoms with Gasteiger partial charge in [-0.3, -0.25) is 4.79 Å². The van der Waals surface area contributed by atoms with E-state index in [1.165, 1.54) is 13.0 Å². The van der Waals surface area contributed by atoms with E-state index in [2.05, 4.69) is 4.74 Å². The fourth-order valence-electron chi connectivity index (χ4n) is 4.01. The van der Waals surface area contributed by atoms with Gasteiger partial charge in [-0.1, -0.05) is 6.07 Å². The molecule has 10 heteroatoms. The molecular weight excluding hydrogens is 398 g/mol. The van der Waals surface area contributed by atoms with Gasteiger partial charge >= 0.3 is 18.4 Å². The molecule has 0 saturated carbocycles. The summed E-state index contributed by atoms with van der Waals surface area (Å²) in [4.78, 5) is 24.2. The van der Waals surface area contributed by atoms with Gasteiger partial charge in [-0.2, -0.15) is 4.79 Å². The summed E-state index contributed by atoms with van der Waals surface area (Å²) in [6.07, 6.45) is -6.26. The van der Waals surface area contributed by atoms with E-state index in [4.69, 9.17) is 0 Å². The van der Waals surface area contributed by atoms with Crippen LogP contribution in [0, 0.1) is 11.2 Å². The van der Waals surface area contributed by atoms with Crippen molar-refractivity contribution in [3.05, 3.63) is 29.6 Å². The number of piperidine rings is 1. The summed E-state index contributed by atoms with van der Waals surface area (Å²) in [5.74, 6) is -4.15. The standard InChI is InChI=1S/C19H23F4NO5/c1-17(2,3)24(16(27)28)9-12(8-18(4,10-24)15(25)26)11-5-6-14(13(20)7-11)29-19(21,22)23/h5-7,12H,8-10H2,1-4H3,(H-,25,26,27,28)/p+1. The molecule has 1 fully saturated rings. The van der Waals surface area contributed by atoms with E-state index in [0.29, 0.717) is 0 Å². The molecule has 1 aromatic carbocycles. The maximum Gasteiger partial charge on any atom is 0.573 e. The van der Waals surface area contributed by atoms with Crippen molar-refractivity contribution in [2.75, 3.05) is 13.1 Å². The van der Waals surface area contributed by atoms with Gasteiger partial charge < -0.3 is 14.9 Å². The predicted molar refractivity (Wildman–Crippen MR) is 94.0 cm³/mol. The van der Waals surface area contributed by atoms with Gasteiger partial charge in [0.05, 0.1) is 6.54 Å². The van der Waals surface area contributed by atoms with Crippen molar-refractivity contribution in [1.82, 2.24) is 0 Å². The van der Waals surface area contributed by atoms with Gasteiger partial charge in [-0.25, -0.2) is 8.87 Å². The minimum Gasteiger partial charge on any atom is -0.481 e. The molecule has 1 aliphatic heterocycles. The van der Waals surface area contributed by atoms with Crippen LogP contribution in [0.25, 0.3) is 0 Å². The Morgan fingerprint density at radius 2 is 1.79 bits per heavy atom. The van der Waals surface area contributed by atoms with Crippen LogP contribution in [-0.2, 0) is 4.79 Å². The van der Waals surface area contributed by atoms with E-state index in [9.17, 15) is 37.4 Å². The van der Waals surface area contributed by atoms with Crippen molar-refractivity contribution in [1.29, 1.82) is 0 Å². The van der Waals surface area contributed by atoms with Crippen LogP contribution in [-0.4, -0.2) is 51.7 Å². The molecule has 1 aliphatic rings. The third kappa shape index (κ3) is 4.47. The number of hydrogen-bond acceptors (Lipinski definition) is 3. The number of benzene rings is 1. The number of ether oxygens (including phenoxy) is 1. The molecule has 162 valence electrons. The van der Waals surface area contributed by atoms with E-state index in [1.807, 2.05) is 0 Å². The Bertz CT molecular complexity index is 820. The van der Waals surface area contributed by atoms with Crippen LogP contribution in [0.2, 0.25) is 0 Å². The quantitative estimate of drug-likeness (QED) is 0.550. The highest BCUT2D eigenvalue weighted by Crippen LogP contribution is 2.46. The van der Waals surface area contributed by atoms with Gasteiger partial charge in [0, 0.05) is 5.92 Å². The highest BCUT2D eigenvalue weighted by atomic mass is 19.4. The zero-order valence-electron chi connectivity index (χ0n) is 16.5. The maximum absolute atomic E-state index is 14.2. The van der Waals surface area contributed by atoms with Crippen molar-refractivity contribution >= 4 is 12.1 Å². The number of carbonyl (C=O) groups is 2. The van der Waals surface area contributed by atoms with Crippen molar-refractivity contribution in [2.24, 2.45) is 5.41 Å². The fraction of sp³-hybridized carbons (Fsp3) is 0.579. The summed E-state index contributed by atoms with van der Waals surface area (Å²) in [6, 6.07) is 2.87. The maximum atomic E-state index is 14.2. The predicted octanol–water partition coefficient (Wildman–Crippen LogP) is 4.60. The summed E-state index contributed by atoms with van der Waals surface area (Å²) in [6.45, 7) is 6.25. The van der Waals surface area contributed by atoms with E-state index in [0.717, 1.165) is 12.1 Å². The first-order valence-electron chi connectivity index (χ1n) is 8.90. The smallest absolute Gasteiger partial charge is 0.481 e. The van der Waals surface area contributed by atoms with Crippen LogP contribution >= 0.6 is 0 Å². The SMILES string of the molecule is CC1(C(=O)O)CC(c2ccc(OC(F)(F)F)c(F)c2)C[N+](C(=O)O)(C(C)(C)C)C1. The summed E-state index contributed by atoms with van der Waals surface area (Å²) in [5.41, 5.74) is -2.08. The number of halogens is 4. The Kier molecular flexibility index (Phi) is 5.66. The zero-order chi connectivity index (χ0) is 22.4. The van der Waals surface area contributed by atoms with E-state index in [-0.39, 0.29) is 25.1 Å².